The summed E-state index contributed by atoms with van der Waals surface area (Å²) in [6.07, 6.45) is 0.702. The number of methoxy groups -OCH3 is 1. The fourth-order valence-corrected chi connectivity index (χ4v) is 3.50. The molecule has 7 nitrogen and oxygen atoms in total. The maximum absolute atomic E-state index is 13.4. The third-order valence-electron chi connectivity index (χ3n) is 4.26. The molecule has 1 N–H and O–H groups in total. The van der Waals surface area contributed by atoms with Crippen LogP contribution < -0.4 is 5.32 Å². The van der Waals surface area contributed by atoms with E-state index in [-0.39, 0.29) is 35.7 Å². The number of halogens is 2. The highest BCUT2D eigenvalue weighted by molar-refractivity contribution is 7.99. The Morgan fingerprint density at radius 3 is 2.32 bits per heavy atom. The van der Waals surface area contributed by atoms with Gasteiger partial charge in [-0.3, -0.25) is 14.2 Å². The molecule has 3 aromatic rings. The number of hydrogen-bond donors (Lipinski definition) is 1. The predicted molar refractivity (Wildman–Crippen MR) is 112 cm³/mol. The van der Waals surface area contributed by atoms with Crippen molar-refractivity contribution in [2.75, 3.05) is 19.4 Å². The van der Waals surface area contributed by atoms with Gasteiger partial charge in [-0.2, -0.15) is 0 Å². The summed E-state index contributed by atoms with van der Waals surface area (Å²) in [6.45, 7) is 0.347. The van der Waals surface area contributed by atoms with E-state index in [1.165, 1.54) is 31.4 Å². The van der Waals surface area contributed by atoms with E-state index in [1.807, 2.05) is 0 Å². The van der Waals surface area contributed by atoms with Crippen molar-refractivity contribution in [1.82, 2.24) is 20.1 Å². The van der Waals surface area contributed by atoms with Gasteiger partial charge in [-0.25, -0.2) is 8.78 Å². The van der Waals surface area contributed by atoms with Gasteiger partial charge in [-0.1, -0.05) is 11.8 Å². The van der Waals surface area contributed by atoms with Crippen LogP contribution in [0.1, 0.15) is 12.8 Å². The Morgan fingerprint density at radius 1 is 1.03 bits per heavy atom. The summed E-state index contributed by atoms with van der Waals surface area (Å²) >= 11 is 1.16. The number of esters is 1. The van der Waals surface area contributed by atoms with Crippen LogP contribution in [0.2, 0.25) is 0 Å². The fraction of sp³-hybridized carbons (Fsp3) is 0.238. The number of carbonyl (C=O) groups is 2. The molecule has 1 amide bonds. The van der Waals surface area contributed by atoms with E-state index in [1.54, 1.807) is 28.8 Å². The molecule has 0 saturated heterocycles. The third-order valence-corrected chi connectivity index (χ3v) is 5.19. The monoisotopic (exact) mass is 446 g/mol. The summed E-state index contributed by atoms with van der Waals surface area (Å²) in [5.74, 6) is -0.819. The first-order valence-corrected chi connectivity index (χ1v) is 10.4. The normalized spacial score (nSPS) is 10.7. The van der Waals surface area contributed by atoms with Crippen molar-refractivity contribution in [3.05, 3.63) is 60.2 Å². The van der Waals surface area contributed by atoms with Gasteiger partial charge in [0.15, 0.2) is 11.0 Å². The molecule has 0 aliphatic rings. The van der Waals surface area contributed by atoms with Crippen LogP contribution in [-0.2, 0) is 14.3 Å². The van der Waals surface area contributed by atoms with E-state index >= 15 is 0 Å². The minimum atomic E-state index is -0.388. The number of ether oxygens (including phenoxy) is 1. The molecule has 31 heavy (non-hydrogen) atoms. The first-order chi connectivity index (χ1) is 15.0. The number of thioether (sulfide) groups is 1. The molecule has 1 heterocycles. The Hall–Kier alpha value is -3.27. The minimum Gasteiger partial charge on any atom is -0.469 e. The van der Waals surface area contributed by atoms with Crippen molar-refractivity contribution in [3.8, 4) is 17.1 Å². The molecule has 3 rings (SSSR count). The average Bonchev–Trinajstić information content (AvgIpc) is 3.20. The quantitative estimate of drug-likeness (QED) is 0.308. The average molecular weight is 446 g/mol. The van der Waals surface area contributed by atoms with E-state index in [2.05, 4.69) is 20.3 Å². The third kappa shape index (κ3) is 6.11. The number of aromatic nitrogens is 3. The Labute approximate surface area is 181 Å². The van der Waals surface area contributed by atoms with Crippen LogP contribution in [0.15, 0.2) is 53.7 Å². The standard InChI is InChI=1S/C21H20F2N4O3S/c1-30-19(29)3-2-12-24-18(28)13-31-21-26-25-20(14-4-6-15(22)7-5-14)27(21)17-10-8-16(23)9-11-17/h4-11H,2-3,12-13H2,1H3,(H,24,28). The number of rotatable bonds is 9. The molecule has 1 aromatic heterocycles. The smallest absolute Gasteiger partial charge is 0.305 e. The van der Waals surface area contributed by atoms with Crippen LogP contribution in [0.25, 0.3) is 17.1 Å². The minimum absolute atomic E-state index is 0.0704. The molecule has 2 aromatic carbocycles. The van der Waals surface area contributed by atoms with Gasteiger partial charge in [-0.15, -0.1) is 10.2 Å². The molecule has 0 fully saturated rings. The fourth-order valence-electron chi connectivity index (χ4n) is 2.72. The van der Waals surface area contributed by atoms with Crippen LogP contribution in [0.5, 0.6) is 0 Å². The number of carbonyl (C=O) groups excluding carboxylic acids is 2. The molecule has 10 heteroatoms. The molecular formula is C21H20F2N4O3S. The molecular weight excluding hydrogens is 426 g/mol. The van der Waals surface area contributed by atoms with E-state index in [4.69, 9.17) is 0 Å². The van der Waals surface area contributed by atoms with Crippen LogP contribution in [0.4, 0.5) is 8.78 Å². The van der Waals surface area contributed by atoms with E-state index in [0.717, 1.165) is 11.8 Å². The van der Waals surface area contributed by atoms with Crippen LogP contribution in [0.3, 0.4) is 0 Å². The van der Waals surface area contributed by atoms with Gasteiger partial charge in [-0.05, 0) is 55.0 Å². The summed E-state index contributed by atoms with van der Waals surface area (Å²) in [7, 11) is 1.31. The van der Waals surface area contributed by atoms with Crippen molar-refractivity contribution in [1.29, 1.82) is 0 Å². The second-order valence-electron chi connectivity index (χ2n) is 6.44. The highest BCUT2D eigenvalue weighted by Gasteiger charge is 2.17. The summed E-state index contributed by atoms with van der Waals surface area (Å²) in [4.78, 5) is 23.2. The SMILES string of the molecule is COC(=O)CCCNC(=O)CSc1nnc(-c2ccc(F)cc2)n1-c1ccc(F)cc1. The summed E-state index contributed by atoms with van der Waals surface area (Å²) in [6, 6.07) is 11.5. The summed E-state index contributed by atoms with van der Waals surface area (Å²) in [5, 5.41) is 11.5. The van der Waals surface area contributed by atoms with Gasteiger partial charge in [0.05, 0.1) is 12.9 Å². The zero-order valence-electron chi connectivity index (χ0n) is 16.7. The maximum Gasteiger partial charge on any atom is 0.305 e. The van der Waals surface area contributed by atoms with Crippen molar-refractivity contribution in [2.45, 2.75) is 18.0 Å². The first kappa shape index (κ1) is 22.4. The number of hydrogen-bond acceptors (Lipinski definition) is 6. The Kier molecular flexibility index (Phi) is 7.71. The second kappa shape index (κ2) is 10.7. The summed E-state index contributed by atoms with van der Waals surface area (Å²) in [5.41, 5.74) is 1.23. The number of nitrogens with zero attached hydrogens (tertiary/aromatic N) is 3. The molecule has 0 spiro atoms. The van der Waals surface area contributed by atoms with Crippen LogP contribution >= 0.6 is 11.8 Å². The Bertz CT molecular complexity index is 1040. The molecule has 0 bridgehead atoms. The van der Waals surface area contributed by atoms with E-state index in [9.17, 15) is 18.4 Å². The zero-order valence-corrected chi connectivity index (χ0v) is 17.5. The van der Waals surface area contributed by atoms with E-state index in [0.29, 0.717) is 35.2 Å². The largest absolute Gasteiger partial charge is 0.469 e. The molecule has 0 radical (unpaired) electrons. The van der Waals surface area contributed by atoms with Crippen LogP contribution in [-0.4, -0.2) is 46.0 Å². The zero-order chi connectivity index (χ0) is 22.2. The number of benzene rings is 2. The van der Waals surface area contributed by atoms with Crippen LogP contribution in [0, 0.1) is 11.6 Å². The Morgan fingerprint density at radius 2 is 1.68 bits per heavy atom. The van der Waals surface area contributed by atoms with Gasteiger partial charge in [0, 0.05) is 24.2 Å². The molecule has 0 aliphatic carbocycles. The van der Waals surface area contributed by atoms with Gasteiger partial charge < -0.3 is 10.1 Å². The van der Waals surface area contributed by atoms with E-state index < -0.39 is 0 Å². The second-order valence-corrected chi connectivity index (χ2v) is 7.39. The lowest BCUT2D eigenvalue weighted by molar-refractivity contribution is -0.140. The molecule has 0 aliphatic heterocycles. The molecule has 0 atom stereocenters. The molecule has 0 unspecified atom stereocenters. The lowest BCUT2D eigenvalue weighted by atomic mass is 10.2. The van der Waals surface area contributed by atoms with Gasteiger partial charge >= 0.3 is 5.97 Å². The highest BCUT2D eigenvalue weighted by Crippen LogP contribution is 2.28. The van der Waals surface area contributed by atoms with Crippen molar-refractivity contribution >= 4 is 23.6 Å². The van der Waals surface area contributed by atoms with Crippen molar-refractivity contribution in [2.24, 2.45) is 0 Å². The summed E-state index contributed by atoms with van der Waals surface area (Å²) < 4.78 is 33.0. The first-order valence-electron chi connectivity index (χ1n) is 9.41. The predicted octanol–water partition coefficient (Wildman–Crippen LogP) is 3.37. The van der Waals surface area contributed by atoms with Gasteiger partial charge in [0.2, 0.25) is 5.91 Å². The number of amides is 1. The molecule has 162 valence electrons. The lowest BCUT2D eigenvalue weighted by Gasteiger charge is -2.10. The maximum atomic E-state index is 13.4. The molecule has 0 saturated carbocycles. The highest BCUT2D eigenvalue weighted by atomic mass is 32.2. The topological polar surface area (TPSA) is 86.1 Å². The lowest BCUT2D eigenvalue weighted by Crippen LogP contribution is -2.26. The van der Waals surface area contributed by atoms with Gasteiger partial charge in [0.25, 0.3) is 0 Å². The number of nitrogens with one attached hydrogen (secondary N) is 1. The van der Waals surface area contributed by atoms with Crippen molar-refractivity contribution in [3.63, 3.8) is 0 Å². The Balaban J connectivity index is 1.74. The van der Waals surface area contributed by atoms with Gasteiger partial charge in [0.1, 0.15) is 11.6 Å². The van der Waals surface area contributed by atoms with Crippen molar-refractivity contribution < 1.29 is 23.1 Å².